The summed E-state index contributed by atoms with van der Waals surface area (Å²) in [5.41, 5.74) is 6.96. The van der Waals surface area contributed by atoms with Crippen LogP contribution in [0.25, 0.3) is 5.57 Å². The van der Waals surface area contributed by atoms with Gasteiger partial charge in [0.2, 0.25) is 0 Å². The van der Waals surface area contributed by atoms with Gasteiger partial charge >= 0.3 is 0 Å². The number of carbonyl (C=O) groups is 1. The van der Waals surface area contributed by atoms with E-state index < -0.39 is 5.60 Å². The molecular formula is C20H25BrN4O3. The van der Waals surface area contributed by atoms with Crippen LogP contribution in [0.1, 0.15) is 30.8 Å². The summed E-state index contributed by atoms with van der Waals surface area (Å²) in [6.45, 7) is 4.05. The predicted octanol–water partition coefficient (Wildman–Crippen LogP) is 2.03. The third kappa shape index (κ3) is 7.38. The van der Waals surface area contributed by atoms with Gasteiger partial charge in [0.25, 0.3) is 5.91 Å². The van der Waals surface area contributed by atoms with Gasteiger partial charge < -0.3 is 20.9 Å². The van der Waals surface area contributed by atoms with Crippen molar-refractivity contribution in [1.82, 2.24) is 15.3 Å². The molecule has 0 spiro atoms. The predicted molar refractivity (Wildman–Crippen MR) is 111 cm³/mol. The summed E-state index contributed by atoms with van der Waals surface area (Å²) in [5, 5.41) is 12.3. The van der Waals surface area contributed by atoms with Gasteiger partial charge in [-0.2, -0.15) is 0 Å². The van der Waals surface area contributed by atoms with Gasteiger partial charge in [-0.25, -0.2) is 9.97 Å². The summed E-state index contributed by atoms with van der Waals surface area (Å²) in [4.78, 5) is 20.8. The van der Waals surface area contributed by atoms with E-state index in [0.717, 1.165) is 15.6 Å². The number of rotatable bonds is 9. The molecular weight excluding hydrogens is 424 g/mol. The van der Waals surface area contributed by atoms with E-state index in [1.807, 2.05) is 24.3 Å². The molecule has 0 atom stereocenters. The SMILES string of the molecule is CC(C)(O)COCCNC(=O)/C(=C/N)c1ncc(Cc2ccc(Br)cc2)cn1. The van der Waals surface area contributed by atoms with Gasteiger partial charge in [0, 0.05) is 36.0 Å². The number of aromatic nitrogens is 2. The maximum atomic E-state index is 12.3. The Morgan fingerprint density at radius 1 is 1.25 bits per heavy atom. The van der Waals surface area contributed by atoms with Crippen molar-refractivity contribution in [3.8, 4) is 0 Å². The van der Waals surface area contributed by atoms with E-state index in [9.17, 15) is 9.90 Å². The van der Waals surface area contributed by atoms with Crippen LogP contribution in [0, 0.1) is 0 Å². The van der Waals surface area contributed by atoms with E-state index in [1.165, 1.54) is 6.20 Å². The first kappa shape index (κ1) is 22.0. The molecule has 2 rings (SSSR count). The maximum absolute atomic E-state index is 12.3. The van der Waals surface area contributed by atoms with E-state index in [-0.39, 0.29) is 37.1 Å². The van der Waals surface area contributed by atoms with Crippen LogP contribution in [0.15, 0.2) is 47.3 Å². The molecule has 0 saturated carbocycles. The second kappa shape index (κ2) is 10.3. The van der Waals surface area contributed by atoms with Crippen molar-refractivity contribution in [2.45, 2.75) is 25.9 Å². The fourth-order valence-corrected chi connectivity index (χ4v) is 2.59. The van der Waals surface area contributed by atoms with Gasteiger partial charge in [0.05, 0.1) is 24.4 Å². The molecule has 0 aliphatic heterocycles. The first-order chi connectivity index (χ1) is 13.3. The molecule has 0 aliphatic carbocycles. The van der Waals surface area contributed by atoms with Crippen molar-refractivity contribution >= 4 is 27.4 Å². The van der Waals surface area contributed by atoms with Crippen LogP contribution < -0.4 is 11.1 Å². The zero-order valence-electron chi connectivity index (χ0n) is 16.0. The molecule has 7 nitrogen and oxygen atoms in total. The largest absolute Gasteiger partial charge is 0.404 e. The van der Waals surface area contributed by atoms with E-state index >= 15 is 0 Å². The number of nitrogens with zero attached hydrogens (tertiary/aromatic N) is 2. The number of aliphatic hydroxyl groups is 1. The Labute approximate surface area is 173 Å². The number of hydrogen-bond donors (Lipinski definition) is 3. The number of nitrogens with one attached hydrogen (secondary N) is 1. The van der Waals surface area contributed by atoms with Crippen LogP contribution in [0.2, 0.25) is 0 Å². The van der Waals surface area contributed by atoms with Crippen molar-refractivity contribution in [3.05, 3.63) is 64.3 Å². The number of ether oxygens (including phenoxy) is 1. The molecule has 1 heterocycles. The highest BCUT2D eigenvalue weighted by molar-refractivity contribution is 9.10. The minimum atomic E-state index is -0.905. The molecule has 2 aromatic rings. The Kier molecular flexibility index (Phi) is 8.10. The molecule has 0 fully saturated rings. The average molecular weight is 449 g/mol. The summed E-state index contributed by atoms with van der Waals surface area (Å²) in [6, 6.07) is 8.01. The summed E-state index contributed by atoms with van der Waals surface area (Å²) in [7, 11) is 0. The van der Waals surface area contributed by atoms with E-state index in [4.69, 9.17) is 10.5 Å². The fourth-order valence-electron chi connectivity index (χ4n) is 2.33. The van der Waals surface area contributed by atoms with Gasteiger partial charge in [-0.1, -0.05) is 28.1 Å². The second-order valence-corrected chi connectivity index (χ2v) is 7.84. The number of benzene rings is 1. The van der Waals surface area contributed by atoms with Gasteiger partial charge in [-0.05, 0) is 37.1 Å². The Hall–Kier alpha value is -2.29. The van der Waals surface area contributed by atoms with Crippen LogP contribution >= 0.6 is 15.9 Å². The summed E-state index contributed by atoms with van der Waals surface area (Å²) >= 11 is 3.41. The average Bonchev–Trinajstić information content (AvgIpc) is 2.64. The van der Waals surface area contributed by atoms with Gasteiger partial charge in [-0.3, -0.25) is 4.79 Å². The van der Waals surface area contributed by atoms with Crippen molar-refractivity contribution in [2.75, 3.05) is 19.8 Å². The molecule has 0 radical (unpaired) electrons. The second-order valence-electron chi connectivity index (χ2n) is 6.92. The molecule has 1 aromatic heterocycles. The topological polar surface area (TPSA) is 110 Å². The molecule has 0 aliphatic rings. The normalized spacial score (nSPS) is 12.1. The molecule has 0 saturated heterocycles. The van der Waals surface area contributed by atoms with Crippen molar-refractivity contribution in [2.24, 2.45) is 5.73 Å². The zero-order chi connectivity index (χ0) is 20.6. The number of nitrogens with two attached hydrogens (primary N) is 1. The fraction of sp³-hybridized carbons (Fsp3) is 0.350. The first-order valence-corrected chi connectivity index (χ1v) is 9.64. The number of halogens is 1. The van der Waals surface area contributed by atoms with Crippen LogP contribution in [0.3, 0.4) is 0 Å². The van der Waals surface area contributed by atoms with Crippen molar-refractivity contribution in [3.63, 3.8) is 0 Å². The highest BCUT2D eigenvalue weighted by atomic mass is 79.9. The van der Waals surface area contributed by atoms with Crippen molar-refractivity contribution in [1.29, 1.82) is 0 Å². The highest BCUT2D eigenvalue weighted by Crippen LogP contribution is 2.14. The minimum Gasteiger partial charge on any atom is -0.404 e. The monoisotopic (exact) mass is 448 g/mol. The third-order valence-corrected chi connectivity index (χ3v) is 4.19. The molecule has 8 heteroatoms. The summed E-state index contributed by atoms with van der Waals surface area (Å²) in [5.74, 6) is -0.119. The van der Waals surface area contributed by atoms with Gasteiger partial charge in [0.15, 0.2) is 5.82 Å². The lowest BCUT2D eigenvalue weighted by atomic mass is 10.1. The standard InChI is InChI=1S/C20H25BrN4O3/c1-20(2,27)13-28-8-7-23-19(26)17(10-22)18-24-11-15(12-25-18)9-14-3-5-16(21)6-4-14/h3-6,10-12,27H,7-9,13,22H2,1-2H3,(H,23,26)/b17-10+. The first-order valence-electron chi connectivity index (χ1n) is 8.84. The Morgan fingerprint density at radius 2 is 1.89 bits per heavy atom. The quantitative estimate of drug-likeness (QED) is 0.399. The van der Waals surface area contributed by atoms with Crippen LogP contribution in [0.4, 0.5) is 0 Å². The van der Waals surface area contributed by atoms with Crippen LogP contribution in [0.5, 0.6) is 0 Å². The maximum Gasteiger partial charge on any atom is 0.256 e. The van der Waals surface area contributed by atoms with E-state index in [1.54, 1.807) is 26.2 Å². The molecule has 1 amide bonds. The Bertz CT molecular complexity index is 800. The van der Waals surface area contributed by atoms with E-state index in [0.29, 0.717) is 6.42 Å². The molecule has 4 N–H and O–H groups in total. The molecule has 0 bridgehead atoms. The number of carbonyl (C=O) groups excluding carboxylic acids is 1. The summed E-state index contributed by atoms with van der Waals surface area (Å²) < 4.78 is 6.32. The van der Waals surface area contributed by atoms with Gasteiger partial charge in [-0.15, -0.1) is 0 Å². The lowest BCUT2D eigenvalue weighted by Gasteiger charge is -2.17. The number of hydrogen-bond acceptors (Lipinski definition) is 6. The third-order valence-electron chi connectivity index (χ3n) is 3.67. The zero-order valence-corrected chi connectivity index (χ0v) is 17.6. The molecule has 150 valence electrons. The lowest BCUT2D eigenvalue weighted by molar-refractivity contribution is -0.116. The Morgan fingerprint density at radius 3 is 2.46 bits per heavy atom. The molecule has 0 unspecified atom stereocenters. The number of amides is 1. The smallest absolute Gasteiger partial charge is 0.256 e. The van der Waals surface area contributed by atoms with Gasteiger partial charge in [0.1, 0.15) is 0 Å². The molecule has 28 heavy (non-hydrogen) atoms. The van der Waals surface area contributed by atoms with Crippen molar-refractivity contribution < 1.29 is 14.6 Å². The lowest BCUT2D eigenvalue weighted by Crippen LogP contribution is -2.32. The van der Waals surface area contributed by atoms with E-state index in [2.05, 4.69) is 31.2 Å². The molecule has 1 aromatic carbocycles. The highest BCUT2D eigenvalue weighted by Gasteiger charge is 2.15. The Balaban J connectivity index is 1.89. The van der Waals surface area contributed by atoms with Crippen LogP contribution in [-0.2, 0) is 16.0 Å². The van der Waals surface area contributed by atoms with Crippen LogP contribution in [-0.4, -0.2) is 46.3 Å². The minimum absolute atomic E-state index is 0.186. The summed E-state index contributed by atoms with van der Waals surface area (Å²) in [6.07, 6.45) is 5.26.